The minimum atomic E-state index is -0.230. The first-order valence-electron chi connectivity index (χ1n) is 8.68. The molecule has 28 heavy (non-hydrogen) atoms. The molecule has 7 heteroatoms. The SMILES string of the molecule is CN(Cc1ccc(-c2ccc(Cl)cc2)o1)C(=O)c1cn(-c2ccccc2)nn1. The average molecular weight is 393 g/mol. The van der Waals surface area contributed by atoms with Crippen LogP contribution in [0.1, 0.15) is 16.2 Å². The Labute approximate surface area is 167 Å². The fourth-order valence-corrected chi connectivity index (χ4v) is 2.93. The van der Waals surface area contributed by atoms with E-state index in [1.807, 2.05) is 66.7 Å². The molecule has 0 radical (unpaired) electrons. The monoisotopic (exact) mass is 392 g/mol. The van der Waals surface area contributed by atoms with Gasteiger partial charge in [-0.25, -0.2) is 4.68 Å². The molecule has 0 spiro atoms. The minimum absolute atomic E-state index is 0.230. The third kappa shape index (κ3) is 3.82. The van der Waals surface area contributed by atoms with Crippen LogP contribution in [0.3, 0.4) is 0 Å². The maximum absolute atomic E-state index is 12.7. The van der Waals surface area contributed by atoms with Gasteiger partial charge in [0, 0.05) is 17.6 Å². The Morgan fingerprint density at radius 3 is 2.57 bits per heavy atom. The van der Waals surface area contributed by atoms with Gasteiger partial charge in [-0.05, 0) is 48.5 Å². The van der Waals surface area contributed by atoms with Crippen LogP contribution in [0.15, 0.2) is 77.3 Å². The van der Waals surface area contributed by atoms with E-state index in [0.717, 1.165) is 17.0 Å². The molecule has 1 amide bonds. The largest absolute Gasteiger partial charge is 0.459 e. The molecule has 0 aliphatic heterocycles. The first-order chi connectivity index (χ1) is 13.6. The van der Waals surface area contributed by atoms with Crippen molar-refractivity contribution in [1.29, 1.82) is 0 Å². The summed E-state index contributed by atoms with van der Waals surface area (Å²) in [7, 11) is 1.70. The van der Waals surface area contributed by atoms with E-state index < -0.39 is 0 Å². The summed E-state index contributed by atoms with van der Waals surface area (Å²) in [6.07, 6.45) is 1.62. The topological polar surface area (TPSA) is 64.2 Å². The quantitative estimate of drug-likeness (QED) is 0.503. The van der Waals surface area contributed by atoms with E-state index in [9.17, 15) is 4.79 Å². The van der Waals surface area contributed by atoms with Crippen molar-refractivity contribution >= 4 is 17.5 Å². The Morgan fingerprint density at radius 2 is 1.82 bits per heavy atom. The Balaban J connectivity index is 1.45. The van der Waals surface area contributed by atoms with Gasteiger partial charge in [-0.3, -0.25) is 4.79 Å². The molecule has 6 nitrogen and oxygen atoms in total. The molecule has 0 aliphatic carbocycles. The molecule has 0 saturated carbocycles. The van der Waals surface area contributed by atoms with Crippen molar-refractivity contribution in [1.82, 2.24) is 19.9 Å². The van der Waals surface area contributed by atoms with Crippen LogP contribution >= 0.6 is 11.6 Å². The summed E-state index contributed by atoms with van der Waals surface area (Å²) in [5, 5.41) is 8.70. The predicted octanol–water partition coefficient (Wildman–Crippen LogP) is 4.45. The molecular weight excluding hydrogens is 376 g/mol. The Bertz CT molecular complexity index is 1090. The number of para-hydroxylation sites is 1. The van der Waals surface area contributed by atoms with Gasteiger partial charge in [0.1, 0.15) is 11.5 Å². The van der Waals surface area contributed by atoms with E-state index in [1.54, 1.807) is 22.8 Å². The fourth-order valence-electron chi connectivity index (χ4n) is 2.80. The molecule has 0 unspecified atom stereocenters. The van der Waals surface area contributed by atoms with Crippen LogP contribution in [0.4, 0.5) is 0 Å². The third-order valence-electron chi connectivity index (χ3n) is 4.26. The highest BCUT2D eigenvalue weighted by atomic mass is 35.5. The smallest absolute Gasteiger partial charge is 0.276 e. The van der Waals surface area contributed by atoms with Gasteiger partial charge in [0.15, 0.2) is 5.69 Å². The fraction of sp³-hybridized carbons (Fsp3) is 0.0952. The highest BCUT2D eigenvalue weighted by Gasteiger charge is 2.18. The summed E-state index contributed by atoms with van der Waals surface area (Å²) in [6, 6.07) is 20.7. The second-order valence-corrected chi connectivity index (χ2v) is 6.75. The van der Waals surface area contributed by atoms with Gasteiger partial charge in [-0.2, -0.15) is 0 Å². The number of benzene rings is 2. The highest BCUT2D eigenvalue weighted by Crippen LogP contribution is 2.24. The zero-order valence-electron chi connectivity index (χ0n) is 15.1. The molecule has 4 aromatic rings. The van der Waals surface area contributed by atoms with E-state index in [-0.39, 0.29) is 11.6 Å². The first-order valence-corrected chi connectivity index (χ1v) is 9.06. The van der Waals surface area contributed by atoms with Gasteiger partial charge in [-0.1, -0.05) is 35.0 Å². The number of halogens is 1. The normalized spacial score (nSPS) is 10.8. The number of hydrogen-bond donors (Lipinski definition) is 0. The summed E-state index contributed by atoms with van der Waals surface area (Å²) in [5.41, 5.74) is 2.04. The zero-order valence-corrected chi connectivity index (χ0v) is 15.9. The van der Waals surface area contributed by atoms with Crippen LogP contribution < -0.4 is 0 Å². The number of hydrogen-bond acceptors (Lipinski definition) is 4. The first kappa shape index (κ1) is 18.0. The van der Waals surface area contributed by atoms with Crippen LogP contribution in [-0.2, 0) is 6.54 Å². The molecule has 0 atom stereocenters. The zero-order chi connectivity index (χ0) is 19.5. The van der Waals surface area contributed by atoms with Crippen LogP contribution in [0.5, 0.6) is 0 Å². The Kier molecular flexibility index (Phi) is 4.95. The second kappa shape index (κ2) is 7.70. The number of carbonyl (C=O) groups excluding carboxylic acids is 1. The number of carbonyl (C=O) groups is 1. The van der Waals surface area contributed by atoms with Crippen LogP contribution in [0.2, 0.25) is 5.02 Å². The molecule has 140 valence electrons. The summed E-state index contributed by atoms with van der Waals surface area (Å²) in [6.45, 7) is 0.324. The minimum Gasteiger partial charge on any atom is -0.459 e. The number of furan rings is 1. The molecule has 0 saturated heterocycles. The van der Waals surface area contributed by atoms with Crippen molar-refractivity contribution in [3.8, 4) is 17.0 Å². The summed E-state index contributed by atoms with van der Waals surface area (Å²) in [5.74, 6) is 1.17. The lowest BCUT2D eigenvalue weighted by Gasteiger charge is -2.13. The number of nitrogens with zero attached hydrogens (tertiary/aromatic N) is 4. The van der Waals surface area contributed by atoms with Crippen LogP contribution in [-0.4, -0.2) is 32.8 Å². The molecule has 2 aromatic heterocycles. The molecule has 2 aromatic carbocycles. The molecule has 2 heterocycles. The lowest BCUT2D eigenvalue weighted by Crippen LogP contribution is -2.26. The van der Waals surface area contributed by atoms with Gasteiger partial charge in [-0.15, -0.1) is 5.10 Å². The molecule has 0 N–H and O–H groups in total. The van der Waals surface area contributed by atoms with Gasteiger partial charge in [0.05, 0.1) is 18.4 Å². The van der Waals surface area contributed by atoms with Gasteiger partial charge in [0.2, 0.25) is 0 Å². The predicted molar refractivity (Wildman–Crippen MR) is 106 cm³/mol. The van der Waals surface area contributed by atoms with Gasteiger partial charge >= 0.3 is 0 Å². The van der Waals surface area contributed by atoms with E-state index in [0.29, 0.717) is 17.3 Å². The van der Waals surface area contributed by atoms with E-state index in [2.05, 4.69) is 10.3 Å². The van der Waals surface area contributed by atoms with Crippen molar-refractivity contribution in [3.05, 3.63) is 89.4 Å². The second-order valence-electron chi connectivity index (χ2n) is 6.32. The number of aromatic nitrogens is 3. The van der Waals surface area contributed by atoms with E-state index >= 15 is 0 Å². The lowest BCUT2D eigenvalue weighted by molar-refractivity contribution is 0.0770. The van der Waals surface area contributed by atoms with E-state index in [4.69, 9.17) is 16.0 Å². The van der Waals surface area contributed by atoms with Crippen molar-refractivity contribution in [2.24, 2.45) is 0 Å². The molecule has 0 fully saturated rings. The molecule has 0 aliphatic rings. The van der Waals surface area contributed by atoms with E-state index in [1.165, 1.54) is 0 Å². The van der Waals surface area contributed by atoms with Crippen molar-refractivity contribution in [3.63, 3.8) is 0 Å². The molecule has 0 bridgehead atoms. The maximum atomic E-state index is 12.7. The molecule has 4 rings (SSSR count). The standard InChI is InChI=1S/C21H17ClN4O2/c1-25(13-18-11-12-20(28-18)15-7-9-16(22)10-8-15)21(27)19-14-26(24-23-19)17-5-3-2-4-6-17/h2-12,14H,13H2,1H3. The summed E-state index contributed by atoms with van der Waals surface area (Å²) in [4.78, 5) is 14.2. The van der Waals surface area contributed by atoms with Gasteiger partial charge < -0.3 is 9.32 Å². The maximum Gasteiger partial charge on any atom is 0.276 e. The Morgan fingerprint density at radius 1 is 1.07 bits per heavy atom. The van der Waals surface area contributed by atoms with Crippen molar-refractivity contribution in [2.45, 2.75) is 6.54 Å². The number of rotatable bonds is 5. The third-order valence-corrected chi connectivity index (χ3v) is 4.52. The molecular formula is C21H17ClN4O2. The van der Waals surface area contributed by atoms with Crippen molar-refractivity contribution < 1.29 is 9.21 Å². The summed E-state index contributed by atoms with van der Waals surface area (Å²) >= 11 is 5.92. The average Bonchev–Trinajstić information content (AvgIpc) is 3.39. The highest BCUT2D eigenvalue weighted by molar-refractivity contribution is 6.30. The van der Waals surface area contributed by atoms with Crippen LogP contribution in [0, 0.1) is 0 Å². The van der Waals surface area contributed by atoms with Gasteiger partial charge in [0.25, 0.3) is 5.91 Å². The Hall–Kier alpha value is -3.38. The summed E-state index contributed by atoms with van der Waals surface area (Å²) < 4.78 is 7.44. The van der Waals surface area contributed by atoms with Crippen molar-refractivity contribution in [2.75, 3.05) is 7.05 Å². The lowest BCUT2D eigenvalue weighted by atomic mass is 10.2. The van der Waals surface area contributed by atoms with Crippen LogP contribution in [0.25, 0.3) is 17.0 Å². The number of amides is 1.